The Labute approximate surface area is 105 Å². The summed E-state index contributed by atoms with van der Waals surface area (Å²) in [5, 5.41) is 3.75. The first kappa shape index (κ1) is 12.6. The first-order valence-electron chi connectivity index (χ1n) is 6.83. The lowest BCUT2D eigenvalue weighted by molar-refractivity contribution is 0.215. The molecule has 17 heavy (non-hydrogen) atoms. The summed E-state index contributed by atoms with van der Waals surface area (Å²) in [6.45, 7) is 6.95. The van der Waals surface area contributed by atoms with Crippen LogP contribution < -0.4 is 5.32 Å². The molecule has 1 aliphatic carbocycles. The molecule has 2 nitrogen and oxygen atoms in total. The fraction of sp³-hybridized carbons (Fsp3) is 0.667. The summed E-state index contributed by atoms with van der Waals surface area (Å²) in [6, 6.07) is 7.15. The van der Waals surface area contributed by atoms with E-state index < -0.39 is 0 Å². The van der Waals surface area contributed by atoms with Gasteiger partial charge in [-0.3, -0.25) is 4.98 Å². The number of pyridine rings is 1. The first-order chi connectivity index (χ1) is 8.16. The Morgan fingerprint density at radius 1 is 1.29 bits per heavy atom. The third-order valence-electron chi connectivity index (χ3n) is 4.05. The molecule has 0 spiro atoms. The highest BCUT2D eigenvalue weighted by Crippen LogP contribution is 2.29. The Kier molecular flexibility index (Phi) is 4.16. The molecule has 1 aliphatic rings. The van der Waals surface area contributed by atoms with E-state index in [0.29, 0.717) is 12.1 Å². The van der Waals surface area contributed by atoms with Gasteiger partial charge in [0.15, 0.2) is 0 Å². The minimum atomic E-state index is 0.356. The fourth-order valence-electron chi connectivity index (χ4n) is 2.80. The Morgan fingerprint density at radius 2 is 2.12 bits per heavy atom. The van der Waals surface area contributed by atoms with Crippen LogP contribution in [0.5, 0.6) is 0 Å². The van der Waals surface area contributed by atoms with E-state index in [1.54, 1.807) is 0 Å². The summed E-state index contributed by atoms with van der Waals surface area (Å²) in [5.41, 5.74) is 1.15. The third-order valence-corrected chi connectivity index (χ3v) is 4.05. The highest BCUT2D eigenvalue weighted by molar-refractivity contribution is 5.08. The van der Waals surface area contributed by atoms with Crippen molar-refractivity contribution in [3.8, 4) is 0 Å². The van der Waals surface area contributed by atoms with Gasteiger partial charge < -0.3 is 5.32 Å². The van der Waals surface area contributed by atoms with E-state index in [4.69, 9.17) is 0 Å². The summed E-state index contributed by atoms with van der Waals surface area (Å²) in [7, 11) is 0. The minimum absolute atomic E-state index is 0.356. The predicted molar refractivity (Wildman–Crippen MR) is 71.8 cm³/mol. The van der Waals surface area contributed by atoms with Gasteiger partial charge in [0.1, 0.15) is 0 Å². The topological polar surface area (TPSA) is 24.9 Å². The Hall–Kier alpha value is -0.890. The van der Waals surface area contributed by atoms with Crippen LogP contribution in [-0.4, -0.2) is 11.0 Å². The summed E-state index contributed by atoms with van der Waals surface area (Å²) >= 11 is 0. The van der Waals surface area contributed by atoms with Crippen molar-refractivity contribution in [1.82, 2.24) is 10.3 Å². The summed E-state index contributed by atoms with van der Waals surface area (Å²) < 4.78 is 0. The zero-order chi connectivity index (χ0) is 12.3. The lowest BCUT2D eigenvalue weighted by atomic mass is 9.80. The van der Waals surface area contributed by atoms with Crippen LogP contribution in [0.25, 0.3) is 0 Å². The van der Waals surface area contributed by atoms with Crippen LogP contribution in [0.15, 0.2) is 24.4 Å². The van der Waals surface area contributed by atoms with Gasteiger partial charge in [0.25, 0.3) is 0 Å². The SMILES string of the molecule is CC1CCC(C)C(N[C@@H](C)c2ccccn2)C1. The average Bonchev–Trinajstić information content (AvgIpc) is 2.35. The van der Waals surface area contributed by atoms with E-state index in [0.717, 1.165) is 17.5 Å². The molecule has 2 rings (SSSR count). The second-order valence-corrected chi connectivity index (χ2v) is 5.64. The average molecular weight is 232 g/mol. The van der Waals surface area contributed by atoms with Crippen LogP contribution in [0.4, 0.5) is 0 Å². The molecule has 1 N–H and O–H groups in total. The smallest absolute Gasteiger partial charge is 0.0570 e. The molecule has 0 amide bonds. The lowest BCUT2D eigenvalue weighted by Gasteiger charge is -2.35. The van der Waals surface area contributed by atoms with E-state index in [1.807, 2.05) is 12.3 Å². The molecule has 94 valence electrons. The molecule has 0 aromatic carbocycles. The molecule has 3 unspecified atom stereocenters. The van der Waals surface area contributed by atoms with Crippen molar-refractivity contribution in [3.63, 3.8) is 0 Å². The maximum absolute atomic E-state index is 4.43. The molecule has 1 heterocycles. The molecule has 0 radical (unpaired) electrons. The zero-order valence-corrected chi connectivity index (χ0v) is 11.2. The normalized spacial score (nSPS) is 31.1. The molecule has 0 aliphatic heterocycles. The van der Waals surface area contributed by atoms with E-state index in [2.05, 4.69) is 43.2 Å². The maximum Gasteiger partial charge on any atom is 0.0570 e. The van der Waals surface area contributed by atoms with Gasteiger partial charge in [-0.1, -0.05) is 26.3 Å². The number of nitrogens with zero attached hydrogens (tertiary/aromatic N) is 1. The van der Waals surface area contributed by atoms with E-state index in [9.17, 15) is 0 Å². The molecular formula is C15H24N2. The molecule has 0 bridgehead atoms. The second-order valence-electron chi connectivity index (χ2n) is 5.64. The third kappa shape index (κ3) is 3.29. The highest BCUT2D eigenvalue weighted by atomic mass is 15.0. The van der Waals surface area contributed by atoms with E-state index in [1.165, 1.54) is 19.3 Å². The second kappa shape index (κ2) is 5.63. The lowest BCUT2D eigenvalue weighted by Crippen LogP contribution is -2.40. The molecule has 1 aromatic heterocycles. The number of rotatable bonds is 3. The molecule has 1 saturated carbocycles. The summed E-state index contributed by atoms with van der Waals surface area (Å²) in [6.07, 6.45) is 5.92. The van der Waals surface area contributed by atoms with Crippen molar-refractivity contribution in [2.75, 3.05) is 0 Å². The van der Waals surface area contributed by atoms with Gasteiger partial charge in [0, 0.05) is 18.3 Å². The quantitative estimate of drug-likeness (QED) is 0.862. The van der Waals surface area contributed by atoms with Crippen molar-refractivity contribution in [3.05, 3.63) is 30.1 Å². The Balaban J connectivity index is 1.96. The van der Waals surface area contributed by atoms with E-state index in [-0.39, 0.29) is 0 Å². The standard InChI is InChI=1S/C15H24N2/c1-11-7-8-12(2)15(10-11)17-13(3)14-6-4-5-9-16-14/h4-6,9,11-13,15,17H,7-8,10H2,1-3H3/t11?,12?,13-,15?/m0/s1. The molecule has 1 aromatic rings. The van der Waals surface area contributed by atoms with Gasteiger partial charge >= 0.3 is 0 Å². The summed E-state index contributed by atoms with van der Waals surface area (Å²) in [4.78, 5) is 4.43. The van der Waals surface area contributed by atoms with Crippen molar-refractivity contribution in [2.24, 2.45) is 11.8 Å². The molecule has 2 heteroatoms. The van der Waals surface area contributed by atoms with Crippen molar-refractivity contribution >= 4 is 0 Å². The number of aromatic nitrogens is 1. The Morgan fingerprint density at radius 3 is 2.82 bits per heavy atom. The van der Waals surface area contributed by atoms with Gasteiger partial charge in [0.05, 0.1) is 5.69 Å². The zero-order valence-electron chi connectivity index (χ0n) is 11.2. The molecule has 1 fully saturated rings. The van der Waals surface area contributed by atoms with Crippen LogP contribution in [0, 0.1) is 11.8 Å². The minimum Gasteiger partial charge on any atom is -0.306 e. The van der Waals surface area contributed by atoms with Crippen molar-refractivity contribution in [1.29, 1.82) is 0 Å². The fourth-order valence-corrected chi connectivity index (χ4v) is 2.80. The van der Waals surface area contributed by atoms with Gasteiger partial charge in [-0.2, -0.15) is 0 Å². The molecule has 4 atom stereocenters. The number of hydrogen-bond acceptors (Lipinski definition) is 2. The van der Waals surface area contributed by atoms with Crippen LogP contribution in [0.3, 0.4) is 0 Å². The predicted octanol–water partition coefficient (Wildman–Crippen LogP) is 3.56. The van der Waals surface area contributed by atoms with Crippen LogP contribution in [-0.2, 0) is 0 Å². The van der Waals surface area contributed by atoms with E-state index >= 15 is 0 Å². The summed E-state index contributed by atoms with van der Waals surface area (Å²) in [5.74, 6) is 1.65. The van der Waals surface area contributed by atoms with Crippen LogP contribution in [0.2, 0.25) is 0 Å². The van der Waals surface area contributed by atoms with Gasteiger partial charge in [-0.15, -0.1) is 0 Å². The maximum atomic E-state index is 4.43. The first-order valence-corrected chi connectivity index (χ1v) is 6.83. The van der Waals surface area contributed by atoms with Crippen molar-refractivity contribution in [2.45, 2.75) is 52.1 Å². The van der Waals surface area contributed by atoms with Gasteiger partial charge in [0.2, 0.25) is 0 Å². The number of hydrogen-bond donors (Lipinski definition) is 1. The number of nitrogens with one attached hydrogen (secondary N) is 1. The van der Waals surface area contributed by atoms with Crippen LogP contribution in [0.1, 0.15) is 51.8 Å². The molecular weight excluding hydrogens is 208 g/mol. The van der Waals surface area contributed by atoms with Gasteiger partial charge in [-0.25, -0.2) is 0 Å². The van der Waals surface area contributed by atoms with Gasteiger partial charge in [-0.05, 0) is 43.7 Å². The monoisotopic (exact) mass is 232 g/mol. The largest absolute Gasteiger partial charge is 0.306 e. The Bertz CT molecular complexity index is 336. The van der Waals surface area contributed by atoms with Crippen molar-refractivity contribution < 1.29 is 0 Å². The highest BCUT2D eigenvalue weighted by Gasteiger charge is 2.26. The van der Waals surface area contributed by atoms with Crippen LogP contribution >= 0.6 is 0 Å². The molecule has 0 saturated heterocycles.